The van der Waals surface area contributed by atoms with Crippen LogP contribution in [-0.2, 0) is 16.1 Å². The second-order valence-electron chi connectivity index (χ2n) is 6.14. The Labute approximate surface area is 133 Å². The summed E-state index contributed by atoms with van der Waals surface area (Å²) in [6.45, 7) is 7.38. The van der Waals surface area contributed by atoms with Crippen LogP contribution in [0.2, 0.25) is 0 Å². The first-order valence-electron chi connectivity index (χ1n) is 7.03. The molecule has 1 aliphatic rings. The first-order chi connectivity index (χ1) is 9.83. The first-order valence-corrected chi connectivity index (χ1v) is 7.83. The number of nitrogens with zero attached hydrogens (tertiary/aromatic N) is 2. The monoisotopic (exact) mass is 356 g/mol. The number of aromatic nitrogens is 1. The highest BCUT2D eigenvalue weighted by Gasteiger charge is 2.30. The van der Waals surface area contributed by atoms with Crippen LogP contribution in [0.25, 0.3) is 0 Å². The van der Waals surface area contributed by atoms with Gasteiger partial charge in [0.05, 0.1) is 19.3 Å². The summed E-state index contributed by atoms with van der Waals surface area (Å²) in [6.07, 6.45) is 2.41. The van der Waals surface area contributed by atoms with Gasteiger partial charge in [0.2, 0.25) is 0 Å². The van der Waals surface area contributed by atoms with Crippen LogP contribution in [-0.4, -0.2) is 40.8 Å². The maximum absolute atomic E-state index is 12.0. The van der Waals surface area contributed by atoms with Gasteiger partial charge in [-0.3, -0.25) is 0 Å². The molecule has 2 rings (SSSR count). The fraction of sp³-hybridized carbons (Fsp3) is 0.600. The normalized spacial score (nSPS) is 18.9. The van der Waals surface area contributed by atoms with Crippen molar-refractivity contribution in [2.45, 2.75) is 45.5 Å². The van der Waals surface area contributed by atoms with Gasteiger partial charge in [0.25, 0.3) is 0 Å². The third-order valence-electron chi connectivity index (χ3n) is 3.07. The Morgan fingerprint density at radius 3 is 2.86 bits per heavy atom. The van der Waals surface area contributed by atoms with Crippen molar-refractivity contribution < 1.29 is 14.3 Å². The number of hydrogen-bond acceptors (Lipinski definition) is 4. The van der Waals surface area contributed by atoms with Gasteiger partial charge in [-0.15, -0.1) is 0 Å². The number of carbonyl (C=O) groups is 1. The number of halogens is 1. The lowest BCUT2D eigenvalue weighted by molar-refractivity contribution is 0.0184. The molecule has 1 fully saturated rings. The lowest BCUT2D eigenvalue weighted by atomic mass is 10.2. The Balaban J connectivity index is 1.77. The number of amides is 1. The Morgan fingerprint density at radius 1 is 1.48 bits per heavy atom. The minimum atomic E-state index is -0.459. The average molecular weight is 357 g/mol. The van der Waals surface area contributed by atoms with E-state index in [1.807, 2.05) is 32.9 Å². The standard InChI is InChI=1S/C15H21BrN2O3/c1-15(2,3)21-14(19)18-7-6-12(9-18)20-10-11-4-5-13(16)17-8-11/h4-5,8,12H,6-7,9-10H2,1-3H3/t12-/m1/s1. The summed E-state index contributed by atoms with van der Waals surface area (Å²) in [5, 5.41) is 0. The molecule has 0 saturated carbocycles. The van der Waals surface area contributed by atoms with E-state index in [4.69, 9.17) is 9.47 Å². The predicted molar refractivity (Wildman–Crippen MR) is 82.9 cm³/mol. The molecule has 5 nitrogen and oxygen atoms in total. The largest absolute Gasteiger partial charge is 0.444 e. The molecular weight excluding hydrogens is 336 g/mol. The number of pyridine rings is 1. The molecular formula is C15H21BrN2O3. The van der Waals surface area contributed by atoms with Crippen molar-refractivity contribution in [1.82, 2.24) is 9.88 Å². The predicted octanol–water partition coefficient (Wildman–Crippen LogP) is 3.37. The average Bonchev–Trinajstić information content (AvgIpc) is 2.85. The molecule has 1 amide bonds. The number of likely N-dealkylation sites (tertiary alicyclic amines) is 1. The zero-order valence-corrected chi connectivity index (χ0v) is 14.2. The van der Waals surface area contributed by atoms with E-state index < -0.39 is 5.60 Å². The molecule has 1 atom stereocenters. The van der Waals surface area contributed by atoms with E-state index in [0.717, 1.165) is 16.6 Å². The van der Waals surface area contributed by atoms with Crippen LogP contribution in [0, 0.1) is 0 Å². The number of rotatable bonds is 3. The van der Waals surface area contributed by atoms with E-state index in [1.54, 1.807) is 11.1 Å². The van der Waals surface area contributed by atoms with Crippen molar-refractivity contribution >= 4 is 22.0 Å². The Hall–Kier alpha value is -1.14. The highest BCUT2D eigenvalue weighted by atomic mass is 79.9. The molecule has 0 aromatic carbocycles. The van der Waals surface area contributed by atoms with Crippen LogP contribution in [0.1, 0.15) is 32.8 Å². The molecule has 0 bridgehead atoms. The van der Waals surface area contributed by atoms with Crippen LogP contribution >= 0.6 is 15.9 Å². The van der Waals surface area contributed by atoms with Gasteiger partial charge in [0.15, 0.2) is 0 Å². The van der Waals surface area contributed by atoms with Gasteiger partial charge in [0.1, 0.15) is 10.2 Å². The number of hydrogen-bond donors (Lipinski definition) is 0. The maximum Gasteiger partial charge on any atom is 0.410 e. The highest BCUT2D eigenvalue weighted by molar-refractivity contribution is 9.10. The van der Waals surface area contributed by atoms with Crippen LogP contribution in [0.5, 0.6) is 0 Å². The van der Waals surface area contributed by atoms with Gasteiger partial charge in [-0.2, -0.15) is 0 Å². The summed E-state index contributed by atoms with van der Waals surface area (Å²) in [7, 11) is 0. The van der Waals surface area contributed by atoms with Crippen LogP contribution in [0.15, 0.2) is 22.9 Å². The van der Waals surface area contributed by atoms with Gasteiger partial charge in [-0.05, 0) is 54.8 Å². The van der Waals surface area contributed by atoms with E-state index in [9.17, 15) is 4.79 Å². The molecule has 2 heterocycles. The number of ether oxygens (including phenoxy) is 2. The molecule has 1 aromatic heterocycles. The minimum Gasteiger partial charge on any atom is -0.444 e. The third kappa shape index (κ3) is 5.28. The van der Waals surface area contributed by atoms with Gasteiger partial charge in [-0.1, -0.05) is 6.07 Å². The Kier molecular flexibility index (Phi) is 5.22. The fourth-order valence-corrected chi connectivity index (χ4v) is 2.30. The van der Waals surface area contributed by atoms with E-state index in [0.29, 0.717) is 19.7 Å². The highest BCUT2D eigenvalue weighted by Crippen LogP contribution is 2.18. The molecule has 0 spiro atoms. The van der Waals surface area contributed by atoms with Crippen LogP contribution < -0.4 is 0 Å². The van der Waals surface area contributed by atoms with Crippen molar-refractivity contribution in [3.05, 3.63) is 28.5 Å². The van der Waals surface area contributed by atoms with E-state index >= 15 is 0 Å². The quantitative estimate of drug-likeness (QED) is 0.779. The molecule has 0 radical (unpaired) electrons. The summed E-state index contributed by atoms with van der Waals surface area (Å²) in [6, 6.07) is 3.86. The summed E-state index contributed by atoms with van der Waals surface area (Å²) in [5.74, 6) is 0. The van der Waals surface area contributed by atoms with Gasteiger partial charge < -0.3 is 14.4 Å². The van der Waals surface area contributed by atoms with Crippen molar-refractivity contribution in [2.75, 3.05) is 13.1 Å². The summed E-state index contributed by atoms with van der Waals surface area (Å²) < 4.78 is 12.0. The van der Waals surface area contributed by atoms with Crippen molar-refractivity contribution in [1.29, 1.82) is 0 Å². The third-order valence-corrected chi connectivity index (χ3v) is 3.54. The van der Waals surface area contributed by atoms with Crippen LogP contribution in [0.4, 0.5) is 4.79 Å². The zero-order valence-electron chi connectivity index (χ0n) is 12.6. The SMILES string of the molecule is CC(C)(C)OC(=O)N1CC[C@@H](OCc2ccc(Br)nc2)C1. The molecule has 1 aromatic rings. The maximum atomic E-state index is 12.0. The lowest BCUT2D eigenvalue weighted by Gasteiger charge is -2.24. The Morgan fingerprint density at radius 2 is 2.24 bits per heavy atom. The van der Waals surface area contributed by atoms with Gasteiger partial charge in [-0.25, -0.2) is 9.78 Å². The van der Waals surface area contributed by atoms with Crippen molar-refractivity contribution in [3.8, 4) is 0 Å². The van der Waals surface area contributed by atoms with Crippen molar-refractivity contribution in [2.24, 2.45) is 0 Å². The second-order valence-corrected chi connectivity index (χ2v) is 6.95. The minimum absolute atomic E-state index is 0.0566. The topological polar surface area (TPSA) is 51.7 Å². The summed E-state index contributed by atoms with van der Waals surface area (Å²) >= 11 is 3.30. The number of carbonyl (C=O) groups excluding carboxylic acids is 1. The molecule has 0 aliphatic carbocycles. The fourth-order valence-electron chi connectivity index (χ4n) is 2.06. The van der Waals surface area contributed by atoms with Crippen LogP contribution in [0.3, 0.4) is 0 Å². The van der Waals surface area contributed by atoms with E-state index in [2.05, 4.69) is 20.9 Å². The molecule has 1 aliphatic heterocycles. The molecule has 1 saturated heterocycles. The Bertz CT molecular complexity index is 485. The molecule has 6 heteroatoms. The molecule has 0 N–H and O–H groups in total. The summed E-state index contributed by atoms with van der Waals surface area (Å²) in [4.78, 5) is 17.8. The first kappa shape index (κ1) is 16.2. The molecule has 0 unspecified atom stereocenters. The molecule has 21 heavy (non-hydrogen) atoms. The smallest absolute Gasteiger partial charge is 0.410 e. The van der Waals surface area contributed by atoms with Gasteiger partial charge in [0, 0.05) is 12.7 Å². The van der Waals surface area contributed by atoms with E-state index in [1.165, 1.54) is 0 Å². The van der Waals surface area contributed by atoms with E-state index in [-0.39, 0.29) is 12.2 Å². The lowest BCUT2D eigenvalue weighted by Crippen LogP contribution is -2.36. The summed E-state index contributed by atoms with van der Waals surface area (Å²) in [5.41, 5.74) is 0.563. The van der Waals surface area contributed by atoms with Gasteiger partial charge >= 0.3 is 6.09 Å². The second kappa shape index (κ2) is 6.75. The zero-order chi connectivity index (χ0) is 15.5. The molecule has 116 valence electrons. The van der Waals surface area contributed by atoms with Crippen molar-refractivity contribution in [3.63, 3.8) is 0 Å².